The SMILES string of the molecule is O=c1c2ccccc2c2cc(-c3ccc4c(c3)C3(c5ccccc5-c5ccccc53)c3ccccc3-4)cc3c4cccc(-c5ccccc5)c4c(=O)n1c23. The van der Waals surface area contributed by atoms with Gasteiger partial charge in [-0.05, 0) is 102 Å². The third-order valence-corrected chi connectivity index (χ3v) is 12.2. The Morgan fingerprint density at radius 1 is 0.333 bits per heavy atom. The molecule has 12 rings (SSSR count). The largest absolute Gasteiger partial charge is 0.268 e. The molecule has 2 aliphatic carbocycles. The van der Waals surface area contributed by atoms with Gasteiger partial charge in [0.15, 0.2) is 0 Å². The highest BCUT2D eigenvalue weighted by Crippen LogP contribution is 2.63. The second kappa shape index (κ2) is 10.5. The number of pyridine rings is 2. The highest BCUT2D eigenvalue weighted by Gasteiger charge is 2.51. The fourth-order valence-corrected chi connectivity index (χ4v) is 10.0. The fourth-order valence-electron chi connectivity index (χ4n) is 10.0. The van der Waals surface area contributed by atoms with Gasteiger partial charge in [0.1, 0.15) is 0 Å². The van der Waals surface area contributed by atoms with Gasteiger partial charge in [0.2, 0.25) is 0 Å². The molecule has 0 saturated carbocycles. The molecule has 54 heavy (non-hydrogen) atoms. The summed E-state index contributed by atoms with van der Waals surface area (Å²) in [4.78, 5) is 29.0. The Hall–Kier alpha value is -7.10. The van der Waals surface area contributed by atoms with Crippen molar-refractivity contribution in [1.82, 2.24) is 4.40 Å². The van der Waals surface area contributed by atoms with Crippen LogP contribution in [0.2, 0.25) is 0 Å². The van der Waals surface area contributed by atoms with Crippen LogP contribution in [0, 0.1) is 0 Å². The number of nitrogens with zero attached hydrogens (tertiary/aromatic N) is 1. The first-order valence-electron chi connectivity index (χ1n) is 18.4. The molecule has 10 aromatic rings. The molecule has 0 fully saturated rings. The predicted octanol–water partition coefficient (Wildman–Crippen LogP) is 11.2. The number of benzene rings is 8. The quantitative estimate of drug-likeness (QED) is 0.134. The minimum atomic E-state index is -0.461. The lowest BCUT2D eigenvalue weighted by Gasteiger charge is -2.30. The number of aromatic nitrogens is 1. The number of fused-ring (bicyclic) bond motifs is 14. The molecular formula is C51H29NO2. The Labute approximate surface area is 310 Å². The van der Waals surface area contributed by atoms with Crippen LogP contribution >= 0.6 is 0 Å². The topological polar surface area (TPSA) is 38.5 Å². The Kier molecular flexibility index (Phi) is 5.73. The summed E-state index contributed by atoms with van der Waals surface area (Å²) in [5.41, 5.74) is 13.7. The van der Waals surface area contributed by atoms with E-state index in [4.69, 9.17) is 0 Å². The first kappa shape index (κ1) is 29.5. The molecule has 0 bridgehead atoms. The van der Waals surface area contributed by atoms with Crippen LogP contribution in [0.1, 0.15) is 22.3 Å². The zero-order chi connectivity index (χ0) is 35.7. The predicted molar refractivity (Wildman–Crippen MR) is 221 cm³/mol. The molecule has 0 radical (unpaired) electrons. The standard InChI is InChI=1S/C51H29NO2/c53-49-40-19-5-4-15-34(40)41-27-32(28-42-39-21-12-20-33(30-13-2-1-3-14-30)47(39)50(54)52(49)48(41)42)31-25-26-38-37-18-8-11-24-45(37)51(46(38)29-31)43-22-9-6-16-35(43)36-17-7-10-23-44(36)51/h1-29H. The van der Waals surface area contributed by atoms with E-state index in [9.17, 15) is 9.59 Å². The molecule has 2 aromatic heterocycles. The van der Waals surface area contributed by atoms with Crippen LogP contribution in [0.15, 0.2) is 186 Å². The molecule has 3 heteroatoms. The van der Waals surface area contributed by atoms with E-state index in [0.29, 0.717) is 16.3 Å². The van der Waals surface area contributed by atoms with Gasteiger partial charge in [0.05, 0.1) is 16.3 Å². The van der Waals surface area contributed by atoms with Crippen LogP contribution in [-0.2, 0) is 5.41 Å². The normalized spacial score (nSPS) is 13.5. The van der Waals surface area contributed by atoms with Gasteiger partial charge in [-0.2, -0.15) is 0 Å². The molecule has 2 heterocycles. The van der Waals surface area contributed by atoms with Crippen LogP contribution in [0.4, 0.5) is 0 Å². The summed E-state index contributed by atoms with van der Waals surface area (Å²) in [6.45, 7) is 0. The summed E-state index contributed by atoms with van der Waals surface area (Å²) >= 11 is 0. The Balaban J connectivity index is 1.21. The molecule has 0 amide bonds. The van der Waals surface area contributed by atoms with Gasteiger partial charge in [-0.15, -0.1) is 0 Å². The van der Waals surface area contributed by atoms with E-state index >= 15 is 0 Å². The van der Waals surface area contributed by atoms with Crippen molar-refractivity contribution in [3.8, 4) is 44.5 Å². The van der Waals surface area contributed by atoms with Crippen molar-refractivity contribution < 1.29 is 0 Å². The summed E-state index contributed by atoms with van der Waals surface area (Å²) in [5.74, 6) is 0. The molecule has 0 atom stereocenters. The first-order chi connectivity index (χ1) is 26.6. The average Bonchev–Trinajstić information content (AvgIpc) is 3.70. The van der Waals surface area contributed by atoms with Crippen LogP contribution in [0.25, 0.3) is 82.3 Å². The zero-order valence-electron chi connectivity index (χ0n) is 29.0. The van der Waals surface area contributed by atoms with Gasteiger partial charge in [-0.3, -0.25) is 9.59 Å². The van der Waals surface area contributed by atoms with E-state index in [-0.39, 0.29) is 11.1 Å². The summed E-state index contributed by atoms with van der Waals surface area (Å²) < 4.78 is 1.42. The van der Waals surface area contributed by atoms with Crippen molar-refractivity contribution in [3.05, 3.63) is 219 Å². The smallest absolute Gasteiger partial charge is 0.266 e. The lowest BCUT2D eigenvalue weighted by atomic mass is 9.70. The molecule has 250 valence electrons. The molecule has 2 aliphatic rings. The van der Waals surface area contributed by atoms with Gasteiger partial charge in [-0.1, -0.05) is 152 Å². The lowest BCUT2D eigenvalue weighted by molar-refractivity contribution is 0.794. The number of hydrogen-bond donors (Lipinski definition) is 0. The van der Waals surface area contributed by atoms with E-state index in [1.54, 1.807) is 0 Å². The Morgan fingerprint density at radius 2 is 0.852 bits per heavy atom. The van der Waals surface area contributed by atoms with Gasteiger partial charge >= 0.3 is 0 Å². The Morgan fingerprint density at radius 3 is 1.52 bits per heavy atom. The van der Waals surface area contributed by atoms with Gasteiger partial charge in [-0.25, -0.2) is 4.40 Å². The van der Waals surface area contributed by atoms with Crippen molar-refractivity contribution in [2.24, 2.45) is 0 Å². The van der Waals surface area contributed by atoms with Crippen LogP contribution in [0.3, 0.4) is 0 Å². The van der Waals surface area contributed by atoms with Crippen molar-refractivity contribution in [2.75, 3.05) is 0 Å². The van der Waals surface area contributed by atoms with Crippen LogP contribution in [-0.4, -0.2) is 4.40 Å². The van der Waals surface area contributed by atoms with Gasteiger partial charge in [0.25, 0.3) is 11.1 Å². The van der Waals surface area contributed by atoms with E-state index < -0.39 is 5.41 Å². The number of rotatable bonds is 2. The minimum Gasteiger partial charge on any atom is -0.268 e. The van der Waals surface area contributed by atoms with Gasteiger partial charge in [0, 0.05) is 16.2 Å². The van der Waals surface area contributed by atoms with Crippen molar-refractivity contribution in [2.45, 2.75) is 5.41 Å². The van der Waals surface area contributed by atoms with Crippen molar-refractivity contribution in [1.29, 1.82) is 0 Å². The second-order valence-corrected chi connectivity index (χ2v) is 14.7. The molecule has 0 N–H and O–H groups in total. The van der Waals surface area contributed by atoms with E-state index in [2.05, 4.69) is 103 Å². The highest BCUT2D eigenvalue weighted by molar-refractivity contribution is 6.21. The molecule has 0 saturated heterocycles. The summed E-state index contributed by atoms with van der Waals surface area (Å²) in [5, 5.41) is 4.53. The van der Waals surface area contributed by atoms with Gasteiger partial charge < -0.3 is 0 Å². The number of hydrogen-bond acceptors (Lipinski definition) is 2. The maximum atomic E-state index is 14.7. The third-order valence-electron chi connectivity index (χ3n) is 12.2. The first-order valence-corrected chi connectivity index (χ1v) is 18.4. The summed E-state index contributed by atoms with van der Waals surface area (Å²) in [6.07, 6.45) is 0. The maximum absolute atomic E-state index is 14.7. The minimum absolute atomic E-state index is 0.290. The zero-order valence-corrected chi connectivity index (χ0v) is 29.0. The summed E-state index contributed by atoms with van der Waals surface area (Å²) in [7, 11) is 0. The molecule has 0 unspecified atom stereocenters. The van der Waals surface area contributed by atoms with Crippen LogP contribution < -0.4 is 11.1 Å². The molecule has 3 nitrogen and oxygen atoms in total. The summed E-state index contributed by atoms with van der Waals surface area (Å²) in [6, 6.07) is 61.6. The van der Waals surface area contributed by atoms with Crippen LogP contribution in [0.5, 0.6) is 0 Å². The third kappa shape index (κ3) is 3.56. The monoisotopic (exact) mass is 687 g/mol. The Bertz CT molecular complexity index is 3310. The molecule has 0 aliphatic heterocycles. The van der Waals surface area contributed by atoms with Crippen molar-refractivity contribution >= 4 is 37.8 Å². The van der Waals surface area contributed by atoms with E-state index in [1.807, 2.05) is 72.8 Å². The maximum Gasteiger partial charge on any atom is 0.266 e. The lowest BCUT2D eigenvalue weighted by Crippen LogP contribution is -2.27. The fraction of sp³-hybridized carbons (Fsp3) is 0.0196. The molecule has 8 aromatic carbocycles. The molecule has 1 spiro atoms. The highest BCUT2D eigenvalue weighted by atomic mass is 16.2. The van der Waals surface area contributed by atoms with E-state index in [1.165, 1.54) is 48.9 Å². The average molecular weight is 688 g/mol. The second-order valence-electron chi connectivity index (χ2n) is 14.7. The molecular weight excluding hydrogens is 659 g/mol. The van der Waals surface area contributed by atoms with Crippen molar-refractivity contribution in [3.63, 3.8) is 0 Å². The van der Waals surface area contributed by atoms with E-state index in [0.717, 1.165) is 43.8 Å².